The molecule has 1 aromatic rings. The number of aromatic nitrogens is 2. The van der Waals surface area contributed by atoms with Gasteiger partial charge >= 0.3 is 0 Å². The number of nitrogens with two attached hydrogens (primary N) is 1. The molecule has 0 atom stereocenters. The van der Waals surface area contributed by atoms with Crippen LogP contribution in [0.2, 0.25) is 0 Å². The summed E-state index contributed by atoms with van der Waals surface area (Å²) in [6, 6.07) is 0. The lowest BCUT2D eigenvalue weighted by molar-refractivity contribution is -0.134. The summed E-state index contributed by atoms with van der Waals surface area (Å²) in [5, 5.41) is 0. The zero-order chi connectivity index (χ0) is 15.6. The Bertz CT molecular complexity index is 615. The second-order valence-corrected chi connectivity index (χ2v) is 5.45. The summed E-state index contributed by atoms with van der Waals surface area (Å²) < 4.78 is 0. The average molecular weight is 292 g/mol. The second kappa shape index (κ2) is 6.07. The van der Waals surface area contributed by atoms with Crippen LogP contribution in [-0.2, 0) is 16.0 Å². The SMILES string of the molecule is Cc1nc(C)c(CC(=O)N2CCC(C(N)=O)CC2)c(=O)[nH]1. The van der Waals surface area contributed by atoms with Crippen LogP contribution in [0, 0.1) is 19.8 Å². The van der Waals surface area contributed by atoms with Crippen molar-refractivity contribution < 1.29 is 9.59 Å². The van der Waals surface area contributed by atoms with Gasteiger partial charge in [0.1, 0.15) is 5.82 Å². The topological polar surface area (TPSA) is 109 Å². The molecule has 0 radical (unpaired) electrons. The van der Waals surface area contributed by atoms with Gasteiger partial charge in [-0.3, -0.25) is 14.4 Å². The molecule has 0 aliphatic carbocycles. The lowest BCUT2D eigenvalue weighted by Gasteiger charge is -2.30. The Kier molecular flexibility index (Phi) is 4.40. The monoisotopic (exact) mass is 292 g/mol. The maximum atomic E-state index is 12.3. The number of primary amides is 1. The van der Waals surface area contributed by atoms with E-state index in [0.717, 1.165) is 0 Å². The quantitative estimate of drug-likeness (QED) is 0.793. The van der Waals surface area contributed by atoms with E-state index in [1.165, 1.54) is 0 Å². The summed E-state index contributed by atoms with van der Waals surface area (Å²) in [5.41, 5.74) is 5.99. The molecule has 0 saturated carbocycles. The Morgan fingerprint density at radius 3 is 2.48 bits per heavy atom. The van der Waals surface area contributed by atoms with Gasteiger partial charge in [-0.05, 0) is 26.7 Å². The molecular weight excluding hydrogens is 272 g/mol. The zero-order valence-corrected chi connectivity index (χ0v) is 12.3. The molecule has 114 valence electrons. The third-order valence-corrected chi connectivity index (χ3v) is 3.92. The van der Waals surface area contributed by atoms with Gasteiger partial charge in [-0.25, -0.2) is 4.98 Å². The molecule has 3 N–H and O–H groups in total. The van der Waals surface area contributed by atoms with E-state index >= 15 is 0 Å². The molecule has 7 nitrogen and oxygen atoms in total. The first kappa shape index (κ1) is 15.2. The Morgan fingerprint density at radius 2 is 1.95 bits per heavy atom. The maximum Gasteiger partial charge on any atom is 0.254 e. The van der Waals surface area contributed by atoms with E-state index in [1.54, 1.807) is 18.7 Å². The Balaban J connectivity index is 2.03. The minimum Gasteiger partial charge on any atom is -0.369 e. The van der Waals surface area contributed by atoms with Crippen molar-refractivity contribution in [2.75, 3.05) is 13.1 Å². The van der Waals surface area contributed by atoms with E-state index in [0.29, 0.717) is 43.0 Å². The van der Waals surface area contributed by atoms with Gasteiger partial charge in [0, 0.05) is 30.3 Å². The molecular formula is C14H20N4O3. The minimum atomic E-state index is -0.308. The number of hydrogen-bond donors (Lipinski definition) is 2. The molecule has 0 spiro atoms. The molecule has 2 amide bonds. The van der Waals surface area contributed by atoms with E-state index in [4.69, 9.17) is 5.73 Å². The fourth-order valence-electron chi connectivity index (χ4n) is 2.64. The Hall–Kier alpha value is -2.18. The average Bonchev–Trinajstić information content (AvgIpc) is 2.42. The number of likely N-dealkylation sites (tertiary alicyclic amines) is 1. The van der Waals surface area contributed by atoms with Crippen molar-refractivity contribution in [3.05, 3.63) is 27.4 Å². The van der Waals surface area contributed by atoms with Crippen molar-refractivity contribution in [1.82, 2.24) is 14.9 Å². The van der Waals surface area contributed by atoms with Crippen molar-refractivity contribution in [2.24, 2.45) is 11.7 Å². The smallest absolute Gasteiger partial charge is 0.254 e. The van der Waals surface area contributed by atoms with Crippen LogP contribution in [0.3, 0.4) is 0 Å². The molecule has 2 heterocycles. The third-order valence-electron chi connectivity index (χ3n) is 3.92. The lowest BCUT2D eigenvalue weighted by Crippen LogP contribution is -2.43. The molecule has 0 aromatic carbocycles. The van der Waals surface area contributed by atoms with Gasteiger partial charge in [0.15, 0.2) is 0 Å². The Labute approximate surface area is 122 Å². The number of piperidine rings is 1. The maximum absolute atomic E-state index is 12.3. The van der Waals surface area contributed by atoms with Crippen LogP contribution in [0.1, 0.15) is 29.9 Å². The third kappa shape index (κ3) is 3.48. The summed E-state index contributed by atoms with van der Waals surface area (Å²) >= 11 is 0. The molecule has 1 aliphatic rings. The predicted molar refractivity (Wildman–Crippen MR) is 76.5 cm³/mol. The van der Waals surface area contributed by atoms with Gasteiger partial charge in [0.05, 0.1) is 6.42 Å². The van der Waals surface area contributed by atoms with Crippen LogP contribution in [0.4, 0.5) is 0 Å². The predicted octanol–water partition coefficient (Wildman–Crippen LogP) is -0.347. The molecule has 21 heavy (non-hydrogen) atoms. The highest BCUT2D eigenvalue weighted by molar-refractivity contribution is 5.80. The van der Waals surface area contributed by atoms with E-state index < -0.39 is 0 Å². The summed E-state index contributed by atoms with van der Waals surface area (Å²) in [5.74, 6) is -0.0366. The summed E-state index contributed by atoms with van der Waals surface area (Å²) in [4.78, 5) is 43.7. The number of amides is 2. The van der Waals surface area contributed by atoms with E-state index in [2.05, 4.69) is 9.97 Å². The number of carbonyl (C=O) groups excluding carboxylic acids is 2. The molecule has 0 bridgehead atoms. The first-order chi connectivity index (χ1) is 9.88. The van der Waals surface area contributed by atoms with E-state index in [1.807, 2.05) is 0 Å². The molecule has 1 fully saturated rings. The van der Waals surface area contributed by atoms with Gasteiger partial charge in [0.25, 0.3) is 5.56 Å². The van der Waals surface area contributed by atoms with Crippen molar-refractivity contribution >= 4 is 11.8 Å². The van der Waals surface area contributed by atoms with Crippen LogP contribution < -0.4 is 11.3 Å². The number of nitrogens with zero attached hydrogens (tertiary/aromatic N) is 2. The minimum absolute atomic E-state index is 0.0374. The Morgan fingerprint density at radius 1 is 1.33 bits per heavy atom. The largest absolute Gasteiger partial charge is 0.369 e. The van der Waals surface area contributed by atoms with Crippen molar-refractivity contribution in [1.29, 1.82) is 0 Å². The second-order valence-electron chi connectivity index (χ2n) is 5.45. The lowest BCUT2D eigenvalue weighted by atomic mass is 9.96. The first-order valence-corrected chi connectivity index (χ1v) is 7.02. The number of nitrogens with one attached hydrogen (secondary N) is 1. The fourth-order valence-corrected chi connectivity index (χ4v) is 2.64. The van der Waals surface area contributed by atoms with Gasteiger partial charge in [0.2, 0.25) is 11.8 Å². The van der Waals surface area contributed by atoms with Crippen LogP contribution in [0.25, 0.3) is 0 Å². The number of hydrogen-bond acceptors (Lipinski definition) is 4. The van der Waals surface area contributed by atoms with Gasteiger partial charge in [-0.15, -0.1) is 0 Å². The van der Waals surface area contributed by atoms with Crippen LogP contribution in [0.15, 0.2) is 4.79 Å². The zero-order valence-electron chi connectivity index (χ0n) is 12.3. The summed E-state index contributed by atoms with van der Waals surface area (Å²) in [7, 11) is 0. The van der Waals surface area contributed by atoms with Crippen molar-refractivity contribution in [3.8, 4) is 0 Å². The highest BCUT2D eigenvalue weighted by Gasteiger charge is 2.26. The van der Waals surface area contributed by atoms with Gasteiger partial charge < -0.3 is 15.6 Å². The summed E-state index contributed by atoms with van der Waals surface area (Å²) in [6.45, 7) is 4.43. The van der Waals surface area contributed by atoms with Crippen molar-refractivity contribution in [2.45, 2.75) is 33.1 Å². The summed E-state index contributed by atoms with van der Waals surface area (Å²) in [6.07, 6.45) is 1.21. The standard InChI is InChI=1S/C14H20N4O3/c1-8-11(14(21)17-9(2)16-8)7-12(19)18-5-3-10(4-6-18)13(15)20/h10H,3-7H2,1-2H3,(H2,15,20)(H,16,17,21). The number of aryl methyl sites for hydroxylation is 2. The number of carbonyl (C=O) groups is 2. The van der Waals surface area contributed by atoms with Crippen molar-refractivity contribution in [3.63, 3.8) is 0 Å². The van der Waals surface area contributed by atoms with Crippen LogP contribution in [0.5, 0.6) is 0 Å². The van der Waals surface area contributed by atoms with Gasteiger partial charge in [-0.1, -0.05) is 0 Å². The van der Waals surface area contributed by atoms with E-state index in [9.17, 15) is 14.4 Å². The first-order valence-electron chi connectivity index (χ1n) is 7.02. The molecule has 1 aliphatic heterocycles. The number of aromatic amines is 1. The molecule has 1 aromatic heterocycles. The molecule has 1 saturated heterocycles. The van der Waals surface area contributed by atoms with Gasteiger partial charge in [-0.2, -0.15) is 0 Å². The van der Waals surface area contributed by atoms with Crippen LogP contribution >= 0.6 is 0 Å². The normalized spacial score (nSPS) is 16.0. The molecule has 0 unspecified atom stereocenters. The highest BCUT2D eigenvalue weighted by Crippen LogP contribution is 2.17. The fraction of sp³-hybridized carbons (Fsp3) is 0.571. The van der Waals surface area contributed by atoms with Crippen LogP contribution in [-0.4, -0.2) is 39.8 Å². The van der Waals surface area contributed by atoms with E-state index in [-0.39, 0.29) is 29.7 Å². The molecule has 2 rings (SSSR count). The molecule has 7 heteroatoms. The number of H-pyrrole nitrogens is 1. The number of rotatable bonds is 3. The highest BCUT2D eigenvalue weighted by atomic mass is 16.2.